The summed E-state index contributed by atoms with van der Waals surface area (Å²) in [5.74, 6) is 0. The summed E-state index contributed by atoms with van der Waals surface area (Å²) in [4.78, 5) is 50.0. The van der Waals surface area contributed by atoms with E-state index in [0.29, 0.717) is 0 Å². The molecule has 6 nitrogen and oxygen atoms in total. The molecule has 2 rings (SSSR count). The van der Waals surface area contributed by atoms with Crippen LogP contribution in [-0.4, -0.2) is 9.97 Å². The summed E-state index contributed by atoms with van der Waals surface area (Å²) < 4.78 is 0. The summed E-state index contributed by atoms with van der Waals surface area (Å²) >= 11 is 0. The summed E-state index contributed by atoms with van der Waals surface area (Å²) in [6, 6.07) is 2.18. The van der Waals surface area contributed by atoms with E-state index in [9.17, 15) is 19.2 Å². The van der Waals surface area contributed by atoms with Crippen LogP contribution >= 0.6 is 0 Å². The molecule has 0 radical (unpaired) electrons. The van der Waals surface area contributed by atoms with Crippen molar-refractivity contribution < 1.29 is 0 Å². The van der Waals surface area contributed by atoms with E-state index in [1.807, 2.05) is 0 Å². The Labute approximate surface area is 75.6 Å². The number of hydrogen-bond donors (Lipinski definition) is 0. The largest absolute Gasteiger partial charge is 0.338 e. The van der Waals surface area contributed by atoms with E-state index < -0.39 is 22.0 Å². The van der Waals surface area contributed by atoms with E-state index in [1.54, 1.807) is 0 Å². The van der Waals surface area contributed by atoms with Crippen LogP contribution in [0.2, 0.25) is 0 Å². The molecule has 2 aliphatic rings. The summed E-state index contributed by atoms with van der Waals surface area (Å²) in [6.45, 7) is 0. The smallest absolute Gasteiger partial charge is 0.285 e. The second-order valence-corrected chi connectivity index (χ2v) is 2.59. The van der Waals surface area contributed by atoms with Crippen LogP contribution in [0.25, 0.3) is 11.4 Å². The molecule has 1 aliphatic heterocycles. The van der Waals surface area contributed by atoms with Crippen LogP contribution in [0.5, 0.6) is 0 Å². The highest BCUT2D eigenvalue weighted by Crippen LogP contribution is 2.03. The molecule has 0 saturated heterocycles. The normalized spacial score (nSPS) is 10.6. The van der Waals surface area contributed by atoms with Crippen LogP contribution in [0, 0.1) is 0 Å². The molecule has 0 unspecified atom stereocenters. The van der Waals surface area contributed by atoms with E-state index in [-0.39, 0.29) is 11.4 Å². The van der Waals surface area contributed by atoms with Crippen molar-refractivity contribution in [2.45, 2.75) is 0 Å². The van der Waals surface area contributed by atoms with Gasteiger partial charge in [-0.1, -0.05) is 0 Å². The lowest BCUT2D eigenvalue weighted by Crippen LogP contribution is -2.36. The van der Waals surface area contributed by atoms with Gasteiger partial charge < -0.3 is 0 Å². The fourth-order valence-electron chi connectivity index (χ4n) is 1.05. The molecule has 0 aromatic rings. The van der Waals surface area contributed by atoms with Crippen LogP contribution < -0.4 is 22.0 Å². The predicted octanol–water partition coefficient (Wildman–Crippen LogP) is -2.10. The highest BCUT2D eigenvalue weighted by atomic mass is 16.2. The number of nitrogens with zero attached hydrogens (tertiary/aromatic N) is 2. The summed E-state index contributed by atoms with van der Waals surface area (Å²) in [5.41, 5.74) is -4.21. The van der Waals surface area contributed by atoms with Gasteiger partial charge in [-0.25, -0.2) is 4.98 Å². The van der Waals surface area contributed by atoms with Crippen molar-refractivity contribution in [1.29, 1.82) is 0 Å². The molecule has 0 saturated carbocycles. The van der Waals surface area contributed by atoms with Crippen molar-refractivity contribution in [2.75, 3.05) is 0 Å². The van der Waals surface area contributed by atoms with E-state index in [0.717, 1.165) is 6.07 Å². The Morgan fingerprint density at radius 1 is 0.857 bits per heavy atom. The molecule has 0 aromatic heterocycles. The van der Waals surface area contributed by atoms with Gasteiger partial charge in [0.15, 0.2) is 0 Å². The predicted molar refractivity (Wildman–Crippen MR) is 46.1 cm³/mol. The lowest BCUT2D eigenvalue weighted by Gasteiger charge is -1.95. The average Bonchev–Trinajstić information content (AvgIpc) is 2.15. The molecule has 0 bridgehead atoms. The van der Waals surface area contributed by atoms with Crippen molar-refractivity contribution in [3.63, 3.8) is 0 Å². The van der Waals surface area contributed by atoms with Crippen molar-refractivity contribution >= 4 is 0 Å². The van der Waals surface area contributed by atoms with Crippen molar-refractivity contribution in [2.24, 2.45) is 0 Å². The van der Waals surface area contributed by atoms with Crippen molar-refractivity contribution in [3.05, 3.63) is 53.3 Å². The molecular formula is C8H2N2O4. The van der Waals surface area contributed by atoms with Crippen molar-refractivity contribution in [3.8, 4) is 11.4 Å². The van der Waals surface area contributed by atoms with Gasteiger partial charge in [0.1, 0.15) is 5.69 Å². The average molecular weight is 190 g/mol. The molecule has 0 fully saturated rings. The highest BCUT2D eigenvalue weighted by molar-refractivity contribution is 5.54. The number of aromatic nitrogens is 2. The van der Waals surface area contributed by atoms with Gasteiger partial charge in [0.25, 0.3) is 5.43 Å². The number of benzene rings is 1. The lowest BCUT2D eigenvalue weighted by molar-refractivity contribution is 1.06. The summed E-state index contributed by atoms with van der Waals surface area (Å²) in [6.07, 6.45) is 0. The Kier molecular flexibility index (Phi) is 1.57. The Morgan fingerprint density at radius 2 is 1.50 bits per heavy atom. The third-order valence-corrected chi connectivity index (χ3v) is 1.69. The van der Waals surface area contributed by atoms with Gasteiger partial charge in [-0.15, -0.1) is 0 Å². The Hall–Kier alpha value is -2.24. The van der Waals surface area contributed by atoms with Gasteiger partial charge in [-0.2, -0.15) is 4.98 Å². The quantitative estimate of drug-likeness (QED) is 0.441. The Balaban J connectivity index is 3.13. The minimum Gasteiger partial charge on any atom is -0.285 e. The molecule has 0 aromatic carbocycles. The number of hydrogen-bond acceptors (Lipinski definition) is 6. The molecule has 0 spiro atoms. The third kappa shape index (κ3) is 1.05. The first kappa shape index (κ1) is 8.36. The molecule has 14 heavy (non-hydrogen) atoms. The summed E-state index contributed by atoms with van der Waals surface area (Å²) in [5, 5.41) is 0. The second kappa shape index (κ2) is 2.63. The van der Waals surface area contributed by atoms with E-state index in [2.05, 4.69) is 9.97 Å². The first-order valence-corrected chi connectivity index (χ1v) is 3.62. The minimum absolute atomic E-state index is 0.0285. The monoisotopic (exact) mass is 190 g/mol. The summed E-state index contributed by atoms with van der Waals surface area (Å²) in [7, 11) is 0. The fourth-order valence-corrected chi connectivity index (χ4v) is 1.05. The van der Waals surface area contributed by atoms with Gasteiger partial charge in [0, 0.05) is 0 Å². The number of rotatable bonds is 0. The van der Waals surface area contributed by atoms with Gasteiger partial charge in [-0.05, 0) is 12.1 Å². The van der Waals surface area contributed by atoms with Crippen molar-refractivity contribution in [1.82, 2.24) is 9.97 Å². The third-order valence-electron chi connectivity index (χ3n) is 1.69. The molecule has 68 valence electrons. The molecular weight excluding hydrogens is 188 g/mol. The van der Waals surface area contributed by atoms with Crippen LogP contribution in [0.4, 0.5) is 0 Å². The zero-order valence-corrected chi connectivity index (χ0v) is 6.68. The molecule has 0 atom stereocenters. The van der Waals surface area contributed by atoms with E-state index >= 15 is 0 Å². The maximum atomic E-state index is 11.1. The van der Waals surface area contributed by atoms with Crippen LogP contribution in [0.1, 0.15) is 0 Å². The van der Waals surface area contributed by atoms with Gasteiger partial charge >= 0.3 is 11.1 Å². The molecule has 0 N–H and O–H groups in total. The standard InChI is InChI=1S/C8H2N2O4/c11-4-2-1-3-5(6(4)12)10-8(14)7(13)9-3/h1-2H. The van der Waals surface area contributed by atoms with E-state index in [4.69, 9.17) is 0 Å². The molecule has 6 heteroatoms. The van der Waals surface area contributed by atoms with Crippen LogP contribution in [0.3, 0.4) is 0 Å². The topological polar surface area (TPSA) is 94.1 Å². The Bertz CT molecular complexity index is 667. The zero-order valence-electron chi connectivity index (χ0n) is 6.68. The SMILES string of the molecule is O=c1ccc2nc(=O)c(=O)nc-2c1=O. The van der Waals surface area contributed by atoms with Gasteiger partial charge in [0.2, 0.25) is 5.43 Å². The second-order valence-electron chi connectivity index (χ2n) is 2.59. The minimum atomic E-state index is -1.12. The van der Waals surface area contributed by atoms with E-state index in [1.165, 1.54) is 6.07 Å². The zero-order chi connectivity index (χ0) is 10.3. The van der Waals surface area contributed by atoms with Gasteiger partial charge in [-0.3, -0.25) is 19.2 Å². The lowest BCUT2D eigenvalue weighted by atomic mass is 10.2. The Morgan fingerprint density at radius 3 is 2.21 bits per heavy atom. The fraction of sp³-hybridized carbons (Fsp3) is 0. The number of fused-ring (bicyclic) bond motifs is 1. The molecule has 0 amide bonds. The molecule has 1 heterocycles. The first-order valence-electron chi connectivity index (χ1n) is 3.62. The van der Waals surface area contributed by atoms with Crippen LogP contribution in [0.15, 0.2) is 31.3 Å². The maximum absolute atomic E-state index is 11.1. The first-order chi connectivity index (χ1) is 6.59. The van der Waals surface area contributed by atoms with Crippen LogP contribution in [-0.2, 0) is 0 Å². The highest BCUT2D eigenvalue weighted by Gasteiger charge is 2.13. The molecule has 1 aliphatic carbocycles. The van der Waals surface area contributed by atoms with Gasteiger partial charge in [0.05, 0.1) is 5.69 Å². The maximum Gasteiger partial charge on any atom is 0.338 e.